The third-order valence-corrected chi connectivity index (χ3v) is 4.53. The predicted octanol–water partition coefficient (Wildman–Crippen LogP) is 2.44. The maximum atomic E-state index is 11.6. The summed E-state index contributed by atoms with van der Waals surface area (Å²) in [7, 11) is 1.70. The molecule has 0 bridgehead atoms. The molecule has 1 aromatic carbocycles. The van der Waals surface area contributed by atoms with E-state index in [2.05, 4.69) is 23.2 Å². The standard InChI is InChI=1S/C18H27N3O3/c1-13-9-10-15(14-6-3-4-7-16(14)24-2)21(12-13)11-5-8-17(22)20-18(19)23/h3-4,6-7,13,15H,5,8-12H2,1-2H3,(H3,19,20,22,23)/t13-,15-/m1/s1. The quantitative estimate of drug-likeness (QED) is 0.837. The van der Waals surface area contributed by atoms with Gasteiger partial charge in [-0.25, -0.2) is 4.79 Å². The largest absolute Gasteiger partial charge is 0.496 e. The van der Waals surface area contributed by atoms with Gasteiger partial charge in [0.25, 0.3) is 0 Å². The Labute approximate surface area is 143 Å². The van der Waals surface area contributed by atoms with Crippen molar-refractivity contribution < 1.29 is 14.3 Å². The predicted molar refractivity (Wildman–Crippen MR) is 92.7 cm³/mol. The van der Waals surface area contributed by atoms with Crippen LogP contribution in [-0.2, 0) is 4.79 Å². The number of hydrogen-bond donors (Lipinski definition) is 2. The number of para-hydroxylation sites is 1. The van der Waals surface area contributed by atoms with Crippen LogP contribution in [0, 0.1) is 5.92 Å². The number of rotatable bonds is 6. The minimum Gasteiger partial charge on any atom is -0.496 e. The Morgan fingerprint density at radius 2 is 2.08 bits per heavy atom. The van der Waals surface area contributed by atoms with E-state index in [1.165, 1.54) is 12.0 Å². The van der Waals surface area contributed by atoms with E-state index in [0.717, 1.165) is 25.3 Å². The molecule has 2 atom stereocenters. The van der Waals surface area contributed by atoms with Crippen LogP contribution in [0.4, 0.5) is 4.79 Å². The number of carbonyl (C=O) groups is 2. The molecule has 1 aliphatic rings. The van der Waals surface area contributed by atoms with Gasteiger partial charge in [-0.3, -0.25) is 15.0 Å². The maximum absolute atomic E-state index is 11.6. The van der Waals surface area contributed by atoms with Crippen molar-refractivity contribution in [1.29, 1.82) is 0 Å². The van der Waals surface area contributed by atoms with Crippen molar-refractivity contribution in [2.75, 3.05) is 20.2 Å². The average Bonchev–Trinajstić information content (AvgIpc) is 2.54. The number of ether oxygens (including phenoxy) is 1. The van der Waals surface area contributed by atoms with Crippen LogP contribution in [0.5, 0.6) is 5.75 Å². The monoisotopic (exact) mass is 333 g/mol. The molecular weight excluding hydrogens is 306 g/mol. The second-order valence-electron chi connectivity index (χ2n) is 6.45. The first kappa shape index (κ1) is 18.3. The van der Waals surface area contributed by atoms with Crippen LogP contribution in [-0.4, -0.2) is 37.0 Å². The summed E-state index contributed by atoms with van der Waals surface area (Å²) in [6, 6.07) is 7.63. The lowest BCUT2D eigenvalue weighted by atomic mass is 9.89. The molecule has 1 saturated heterocycles. The SMILES string of the molecule is COc1ccccc1[C@H]1CC[C@@H](C)CN1CCCC(=O)NC(N)=O. The summed E-state index contributed by atoms with van der Waals surface area (Å²) in [4.78, 5) is 24.7. The van der Waals surface area contributed by atoms with Crippen LogP contribution in [0.2, 0.25) is 0 Å². The fourth-order valence-electron chi connectivity index (χ4n) is 3.43. The summed E-state index contributed by atoms with van der Waals surface area (Å²) >= 11 is 0. The highest BCUT2D eigenvalue weighted by atomic mass is 16.5. The van der Waals surface area contributed by atoms with Crippen LogP contribution in [0.15, 0.2) is 24.3 Å². The Balaban J connectivity index is 2.01. The molecule has 1 heterocycles. The Morgan fingerprint density at radius 3 is 2.79 bits per heavy atom. The number of methoxy groups -OCH3 is 1. The number of nitrogens with zero attached hydrogens (tertiary/aromatic N) is 1. The summed E-state index contributed by atoms with van der Waals surface area (Å²) < 4.78 is 5.52. The molecule has 3 amide bonds. The van der Waals surface area contributed by atoms with Crippen molar-refractivity contribution in [3.8, 4) is 5.75 Å². The first-order valence-electron chi connectivity index (χ1n) is 8.47. The molecule has 0 radical (unpaired) electrons. The van der Waals surface area contributed by atoms with Gasteiger partial charge < -0.3 is 10.5 Å². The van der Waals surface area contributed by atoms with E-state index in [1.54, 1.807) is 7.11 Å². The molecule has 0 unspecified atom stereocenters. The van der Waals surface area contributed by atoms with Crippen LogP contribution in [0.3, 0.4) is 0 Å². The molecule has 132 valence electrons. The van der Waals surface area contributed by atoms with Gasteiger partial charge in [-0.05, 0) is 37.8 Å². The second-order valence-corrected chi connectivity index (χ2v) is 6.45. The summed E-state index contributed by atoms with van der Waals surface area (Å²) in [5.74, 6) is 1.23. The van der Waals surface area contributed by atoms with Crippen molar-refractivity contribution in [2.45, 2.75) is 38.6 Å². The highest BCUT2D eigenvalue weighted by molar-refractivity contribution is 5.93. The molecule has 6 nitrogen and oxygen atoms in total. The van der Waals surface area contributed by atoms with Crippen molar-refractivity contribution in [1.82, 2.24) is 10.2 Å². The van der Waals surface area contributed by atoms with E-state index in [4.69, 9.17) is 10.5 Å². The minimum absolute atomic E-state index is 0.298. The van der Waals surface area contributed by atoms with Crippen molar-refractivity contribution >= 4 is 11.9 Å². The fraction of sp³-hybridized carbons (Fsp3) is 0.556. The Hall–Kier alpha value is -2.08. The molecule has 0 spiro atoms. The molecule has 1 aliphatic heterocycles. The Kier molecular flexibility index (Phi) is 6.61. The van der Waals surface area contributed by atoms with Crippen molar-refractivity contribution in [2.24, 2.45) is 11.7 Å². The number of likely N-dealkylation sites (tertiary alicyclic amines) is 1. The van der Waals surface area contributed by atoms with Gasteiger partial charge >= 0.3 is 6.03 Å². The number of primary amides is 1. The molecule has 3 N–H and O–H groups in total. The van der Waals surface area contributed by atoms with Gasteiger partial charge in [0.1, 0.15) is 5.75 Å². The van der Waals surface area contributed by atoms with Crippen molar-refractivity contribution in [3.05, 3.63) is 29.8 Å². The fourth-order valence-corrected chi connectivity index (χ4v) is 3.43. The minimum atomic E-state index is -0.793. The van der Waals surface area contributed by atoms with E-state index in [-0.39, 0.29) is 5.91 Å². The highest BCUT2D eigenvalue weighted by Crippen LogP contribution is 2.37. The number of hydrogen-bond acceptors (Lipinski definition) is 4. The van der Waals surface area contributed by atoms with Gasteiger partial charge in [-0.1, -0.05) is 25.1 Å². The number of imide groups is 1. The molecule has 2 rings (SSSR count). The number of carbonyl (C=O) groups excluding carboxylic acids is 2. The number of nitrogens with one attached hydrogen (secondary N) is 1. The van der Waals surface area contributed by atoms with Gasteiger partial charge in [-0.2, -0.15) is 0 Å². The number of nitrogens with two attached hydrogens (primary N) is 1. The zero-order valence-corrected chi connectivity index (χ0v) is 14.5. The van der Waals surface area contributed by atoms with Gasteiger partial charge in [0, 0.05) is 24.6 Å². The molecular formula is C18H27N3O3. The van der Waals surface area contributed by atoms with Gasteiger partial charge in [0.05, 0.1) is 7.11 Å². The summed E-state index contributed by atoms with van der Waals surface area (Å²) in [5, 5.41) is 2.11. The molecule has 24 heavy (non-hydrogen) atoms. The Bertz CT molecular complexity index is 576. The topological polar surface area (TPSA) is 84.7 Å². The Morgan fingerprint density at radius 1 is 1.33 bits per heavy atom. The normalized spacial score (nSPS) is 21.2. The van der Waals surface area contributed by atoms with Crippen molar-refractivity contribution in [3.63, 3.8) is 0 Å². The average molecular weight is 333 g/mol. The van der Waals surface area contributed by atoms with Gasteiger partial charge in [0.15, 0.2) is 0 Å². The van der Waals surface area contributed by atoms with E-state index >= 15 is 0 Å². The summed E-state index contributed by atoms with van der Waals surface area (Å²) in [6.45, 7) is 4.06. The number of benzene rings is 1. The van der Waals surface area contributed by atoms with E-state index in [9.17, 15) is 9.59 Å². The zero-order valence-electron chi connectivity index (χ0n) is 14.5. The smallest absolute Gasteiger partial charge is 0.318 e. The van der Waals surface area contributed by atoms with Crippen LogP contribution < -0.4 is 15.8 Å². The van der Waals surface area contributed by atoms with E-state index in [0.29, 0.717) is 24.8 Å². The molecule has 0 saturated carbocycles. The van der Waals surface area contributed by atoms with Gasteiger partial charge in [-0.15, -0.1) is 0 Å². The zero-order chi connectivity index (χ0) is 17.5. The van der Waals surface area contributed by atoms with E-state index in [1.807, 2.05) is 18.2 Å². The third kappa shape index (κ3) is 4.96. The lowest BCUT2D eigenvalue weighted by Crippen LogP contribution is -2.39. The summed E-state index contributed by atoms with van der Waals surface area (Å²) in [5.41, 5.74) is 6.16. The number of piperidine rings is 1. The lowest BCUT2D eigenvalue weighted by Gasteiger charge is -2.39. The number of amides is 3. The van der Waals surface area contributed by atoms with Crippen LogP contribution in [0.25, 0.3) is 0 Å². The third-order valence-electron chi connectivity index (χ3n) is 4.53. The number of urea groups is 1. The van der Waals surface area contributed by atoms with Crippen LogP contribution >= 0.6 is 0 Å². The summed E-state index contributed by atoms with van der Waals surface area (Å²) in [6.07, 6.45) is 3.25. The first-order valence-corrected chi connectivity index (χ1v) is 8.47. The van der Waals surface area contributed by atoms with E-state index < -0.39 is 6.03 Å². The maximum Gasteiger partial charge on any atom is 0.318 e. The highest BCUT2D eigenvalue weighted by Gasteiger charge is 2.28. The van der Waals surface area contributed by atoms with Gasteiger partial charge in [0.2, 0.25) is 5.91 Å². The molecule has 0 aromatic heterocycles. The second kappa shape index (κ2) is 8.68. The molecule has 6 heteroatoms. The lowest BCUT2D eigenvalue weighted by molar-refractivity contribution is -0.120. The molecule has 1 fully saturated rings. The molecule has 1 aromatic rings. The first-order chi connectivity index (χ1) is 11.5. The molecule has 0 aliphatic carbocycles. The van der Waals surface area contributed by atoms with Crippen LogP contribution in [0.1, 0.15) is 44.2 Å².